The highest BCUT2D eigenvalue weighted by molar-refractivity contribution is 6.33. The van der Waals surface area contributed by atoms with Gasteiger partial charge in [0.2, 0.25) is 11.7 Å². The molecular weight excluding hydrogens is 803 g/mol. The summed E-state index contributed by atoms with van der Waals surface area (Å²) < 4.78 is 50.5. The third-order valence-electron chi connectivity index (χ3n) is 10.3. The molecule has 2 aromatic carbocycles. The van der Waals surface area contributed by atoms with Crippen molar-refractivity contribution in [3.05, 3.63) is 129 Å². The fourth-order valence-corrected chi connectivity index (χ4v) is 7.50. The third-order valence-corrected chi connectivity index (χ3v) is 10.6. The summed E-state index contributed by atoms with van der Waals surface area (Å²) in [6, 6.07) is 15.8. The predicted molar refractivity (Wildman–Crippen MR) is 216 cm³/mol. The largest absolute Gasteiger partial charge is 0.485 e. The van der Waals surface area contributed by atoms with Crippen molar-refractivity contribution in [2.45, 2.75) is 46.5 Å². The van der Waals surface area contributed by atoms with Crippen LogP contribution in [0.15, 0.2) is 84.2 Å². The van der Waals surface area contributed by atoms with Crippen LogP contribution in [0.25, 0.3) is 22.7 Å². The highest BCUT2D eigenvalue weighted by Crippen LogP contribution is 2.34. The summed E-state index contributed by atoms with van der Waals surface area (Å²) in [6.45, 7) is 6.20. The molecule has 7 aromatic rings. The monoisotopic (exact) mass is 839 g/mol. The molecule has 15 nitrogen and oxygen atoms in total. The molecule has 1 N–H and O–H groups in total. The first-order chi connectivity index (χ1) is 28.8. The molecule has 1 aliphatic rings. The van der Waals surface area contributed by atoms with E-state index in [1.54, 1.807) is 27.1 Å². The number of anilines is 2. The molecular formula is C41H37ClF3N11O4. The van der Waals surface area contributed by atoms with E-state index in [9.17, 15) is 27.6 Å². The smallest absolute Gasteiger partial charge is 0.416 e. The van der Waals surface area contributed by atoms with Crippen LogP contribution in [0.5, 0.6) is 5.75 Å². The molecule has 6 heterocycles. The van der Waals surface area contributed by atoms with Crippen molar-refractivity contribution in [1.29, 1.82) is 0 Å². The van der Waals surface area contributed by atoms with Gasteiger partial charge in [0.25, 0.3) is 11.5 Å². The summed E-state index contributed by atoms with van der Waals surface area (Å²) in [4.78, 5) is 59.1. The Morgan fingerprint density at radius 2 is 1.75 bits per heavy atom. The molecule has 0 aliphatic carbocycles. The lowest BCUT2D eigenvalue weighted by molar-refractivity contribution is -0.137. The molecule has 2 amide bonds. The SMILES string of the molecule is CCc1c(N2CCN(C(=O)c3ncnc(C)c3OCc3ccccc3)CC2)c(=O)n2nc(-c3cc4ccnn4cc3C)nc2n1CC(=O)Nc1ccc(C(F)(F)F)cc1Cl. The molecule has 1 aliphatic heterocycles. The number of alkyl halides is 3. The van der Waals surface area contributed by atoms with E-state index in [-0.39, 0.29) is 84.6 Å². The Balaban J connectivity index is 1.12. The molecule has 0 unspecified atom stereocenters. The summed E-state index contributed by atoms with van der Waals surface area (Å²) >= 11 is 6.19. The van der Waals surface area contributed by atoms with Gasteiger partial charge in [0.15, 0.2) is 17.3 Å². The maximum atomic E-state index is 14.6. The number of hydrogen-bond acceptors (Lipinski definition) is 10. The first-order valence-electron chi connectivity index (χ1n) is 19.0. The van der Waals surface area contributed by atoms with E-state index in [0.717, 1.165) is 39.4 Å². The number of piperazine rings is 1. The van der Waals surface area contributed by atoms with Gasteiger partial charge in [0.1, 0.15) is 25.2 Å². The first kappa shape index (κ1) is 40.0. The van der Waals surface area contributed by atoms with E-state index in [1.165, 1.54) is 6.33 Å². The minimum Gasteiger partial charge on any atom is -0.485 e. The zero-order chi connectivity index (χ0) is 42.3. The maximum Gasteiger partial charge on any atom is 0.416 e. The Kier molecular flexibility index (Phi) is 10.7. The molecule has 308 valence electrons. The molecule has 60 heavy (non-hydrogen) atoms. The molecule has 19 heteroatoms. The number of benzene rings is 2. The second-order valence-corrected chi connectivity index (χ2v) is 14.6. The number of aryl methyl sites for hydroxylation is 2. The summed E-state index contributed by atoms with van der Waals surface area (Å²) in [5.41, 5.74) is 3.01. The highest BCUT2D eigenvalue weighted by Gasteiger charge is 2.33. The van der Waals surface area contributed by atoms with Gasteiger partial charge in [0, 0.05) is 44.1 Å². The van der Waals surface area contributed by atoms with Gasteiger partial charge in [-0.1, -0.05) is 48.9 Å². The Hall–Kier alpha value is -6.82. The molecule has 0 spiro atoms. The molecule has 1 saturated heterocycles. The fourth-order valence-electron chi connectivity index (χ4n) is 7.27. The number of carbonyl (C=O) groups excluding carboxylic acids is 2. The summed E-state index contributed by atoms with van der Waals surface area (Å²) in [7, 11) is 0. The molecule has 0 bridgehead atoms. The van der Waals surface area contributed by atoms with Gasteiger partial charge in [-0.2, -0.15) is 27.8 Å². The molecule has 5 aromatic heterocycles. The van der Waals surface area contributed by atoms with Gasteiger partial charge < -0.3 is 24.4 Å². The van der Waals surface area contributed by atoms with Gasteiger partial charge in [-0.3, -0.25) is 14.4 Å². The lowest BCUT2D eigenvalue weighted by Gasteiger charge is -2.36. The Labute approximate surface area is 345 Å². The second-order valence-electron chi connectivity index (χ2n) is 14.2. The minimum absolute atomic E-state index is 0.0230. The number of nitrogens with one attached hydrogen (secondary N) is 1. The van der Waals surface area contributed by atoms with Crippen molar-refractivity contribution in [2.75, 3.05) is 36.4 Å². The highest BCUT2D eigenvalue weighted by atomic mass is 35.5. The van der Waals surface area contributed by atoms with E-state index >= 15 is 0 Å². The van der Waals surface area contributed by atoms with Crippen molar-refractivity contribution >= 4 is 46.1 Å². The number of amides is 2. The van der Waals surface area contributed by atoms with Gasteiger partial charge in [-0.25, -0.2) is 14.5 Å². The van der Waals surface area contributed by atoms with E-state index < -0.39 is 29.8 Å². The van der Waals surface area contributed by atoms with E-state index in [0.29, 0.717) is 17.0 Å². The lowest BCUT2D eigenvalue weighted by Crippen LogP contribution is -2.51. The standard InChI is InChI=1S/C41H37ClF3N11O4/c1-4-32-35(52-14-16-53(17-15-52)38(58)34-36(25(3)46-23-47-34)60-22-26-8-6-5-7-9-26)39(59)56-40(50-37(51-56)29-19-28-12-13-48-55(28)20-24(29)2)54(32)21-33(57)49-31-11-10-27(18-30(31)42)41(43,44)45/h5-13,18-20,23H,4,14-17,21-22H2,1-3H3,(H,49,57). The van der Waals surface area contributed by atoms with E-state index in [4.69, 9.17) is 21.3 Å². The Morgan fingerprint density at radius 1 is 0.983 bits per heavy atom. The fraction of sp³-hybridized carbons (Fsp3) is 0.268. The molecule has 0 saturated carbocycles. The van der Waals surface area contributed by atoms with Gasteiger partial charge >= 0.3 is 6.18 Å². The number of pyridine rings is 1. The number of rotatable bonds is 10. The summed E-state index contributed by atoms with van der Waals surface area (Å²) in [6.07, 6.45) is 0.443. The van der Waals surface area contributed by atoms with Crippen molar-refractivity contribution in [3.63, 3.8) is 0 Å². The number of aromatic nitrogens is 8. The van der Waals surface area contributed by atoms with Crippen LogP contribution in [0.1, 0.15) is 45.5 Å². The van der Waals surface area contributed by atoms with Crippen LogP contribution in [-0.4, -0.2) is 81.6 Å². The average molecular weight is 840 g/mol. The number of halogens is 4. The van der Waals surface area contributed by atoms with Crippen LogP contribution in [-0.2, 0) is 30.5 Å². The number of fused-ring (bicyclic) bond motifs is 2. The Morgan fingerprint density at radius 3 is 2.47 bits per heavy atom. The van der Waals surface area contributed by atoms with Crippen molar-refractivity contribution < 1.29 is 27.5 Å². The van der Waals surface area contributed by atoms with Gasteiger partial charge in [-0.15, -0.1) is 5.10 Å². The van der Waals surface area contributed by atoms with Crippen LogP contribution in [0.4, 0.5) is 24.5 Å². The zero-order valence-corrected chi connectivity index (χ0v) is 33.3. The van der Waals surface area contributed by atoms with Crippen LogP contribution in [0, 0.1) is 13.8 Å². The quantitative estimate of drug-likeness (QED) is 0.173. The van der Waals surface area contributed by atoms with Crippen LogP contribution in [0.2, 0.25) is 5.02 Å². The Bertz CT molecular complexity index is 2830. The van der Waals surface area contributed by atoms with Crippen LogP contribution >= 0.6 is 11.6 Å². The first-order valence-corrected chi connectivity index (χ1v) is 19.3. The van der Waals surface area contributed by atoms with Gasteiger partial charge in [0.05, 0.1) is 33.2 Å². The molecule has 1 fully saturated rings. The van der Waals surface area contributed by atoms with E-state index in [2.05, 4.69) is 25.5 Å². The van der Waals surface area contributed by atoms with Crippen LogP contribution < -0.4 is 20.5 Å². The van der Waals surface area contributed by atoms with Gasteiger partial charge in [-0.05, 0) is 61.7 Å². The predicted octanol–water partition coefficient (Wildman–Crippen LogP) is 6.03. The molecule has 8 rings (SSSR count). The molecule has 0 atom stereocenters. The average Bonchev–Trinajstić information content (AvgIpc) is 3.89. The second kappa shape index (κ2) is 16.1. The number of hydrogen-bond donors (Lipinski definition) is 1. The lowest BCUT2D eigenvalue weighted by atomic mass is 10.1. The topological polar surface area (TPSA) is 157 Å². The van der Waals surface area contributed by atoms with Crippen LogP contribution in [0.3, 0.4) is 0 Å². The number of nitrogens with zero attached hydrogens (tertiary/aromatic N) is 10. The zero-order valence-electron chi connectivity index (χ0n) is 32.6. The maximum absolute atomic E-state index is 14.6. The molecule has 0 radical (unpaired) electrons. The summed E-state index contributed by atoms with van der Waals surface area (Å²) in [5.74, 6) is -0.390. The number of carbonyl (C=O) groups is 2. The van der Waals surface area contributed by atoms with Crippen molar-refractivity contribution in [1.82, 2.24) is 43.6 Å². The number of ether oxygens (including phenoxy) is 1. The minimum atomic E-state index is -4.62. The van der Waals surface area contributed by atoms with E-state index in [1.807, 2.05) is 67.4 Å². The summed E-state index contributed by atoms with van der Waals surface area (Å²) in [5, 5.41) is 11.3. The normalized spacial score (nSPS) is 13.3. The van der Waals surface area contributed by atoms with Crippen molar-refractivity contribution in [3.8, 4) is 17.1 Å². The van der Waals surface area contributed by atoms with Crippen molar-refractivity contribution in [2.24, 2.45) is 0 Å². The third kappa shape index (κ3) is 7.72.